The predicted molar refractivity (Wildman–Crippen MR) is 249 cm³/mol. The molecule has 4 aromatic carbocycles. The second kappa shape index (κ2) is 14.5. The molecular weight excluding hydrogens is 797 g/mol. The third-order valence-corrected chi connectivity index (χ3v) is 15.9. The Morgan fingerprint density at radius 1 is 0.578 bits per heavy atom. The van der Waals surface area contributed by atoms with Crippen molar-refractivity contribution in [2.24, 2.45) is 0 Å². The third kappa shape index (κ3) is 6.29. The fourth-order valence-electron chi connectivity index (χ4n) is 12.2. The number of benzene rings is 4. The molecular formula is C55H54N4O5. The van der Waals surface area contributed by atoms with Crippen molar-refractivity contribution < 1.29 is 25.2 Å². The van der Waals surface area contributed by atoms with Gasteiger partial charge in [-0.25, -0.2) is 9.97 Å². The van der Waals surface area contributed by atoms with Gasteiger partial charge in [-0.3, -0.25) is 4.79 Å². The first-order chi connectivity index (χ1) is 31.0. The van der Waals surface area contributed by atoms with Gasteiger partial charge in [0.1, 0.15) is 22.9 Å². The van der Waals surface area contributed by atoms with Gasteiger partial charge in [0.2, 0.25) is 5.78 Å². The van der Waals surface area contributed by atoms with Crippen LogP contribution in [-0.2, 0) is 10.8 Å². The number of nitrogens with zero attached hydrogens (tertiary/aromatic N) is 4. The SMILES string of the molecule is Cc1nc(C(=O)c2nc(C)c(O)cc2N2CCC3(CC(O)c4cc(-c5ccccc5C5CC5)ccc43)C2)c(N2CCC3(CC(O)c4cc(-c5ccccc5C5CC5)ccc43)C2)cc1O. The van der Waals surface area contributed by atoms with Crippen LogP contribution in [0.1, 0.15) is 136 Å². The fourth-order valence-corrected chi connectivity index (χ4v) is 12.2. The second-order valence-electron chi connectivity index (χ2n) is 19.9. The number of pyridine rings is 2. The van der Waals surface area contributed by atoms with Gasteiger partial charge < -0.3 is 30.2 Å². The topological polar surface area (TPSA) is 130 Å². The van der Waals surface area contributed by atoms with Crippen LogP contribution in [0.15, 0.2) is 97.1 Å². The van der Waals surface area contributed by atoms with Gasteiger partial charge in [-0.2, -0.15) is 0 Å². The van der Waals surface area contributed by atoms with E-state index in [1.165, 1.54) is 47.9 Å². The first-order valence-electron chi connectivity index (χ1n) is 23.3. The maximum absolute atomic E-state index is 15.1. The average molecular weight is 851 g/mol. The van der Waals surface area contributed by atoms with Crippen LogP contribution in [0.5, 0.6) is 11.5 Å². The highest BCUT2D eigenvalue weighted by Crippen LogP contribution is 2.55. The summed E-state index contributed by atoms with van der Waals surface area (Å²) in [5, 5.41) is 45.5. The number of anilines is 2. The molecule has 9 nitrogen and oxygen atoms in total. The van der Waals surface area contributed by atoms with Crippen LogP contribution in [0.25, 0.3) is 22.3 Å². The lowest BCUT2D eigenvalue weighted by Gasteiger charge is -2.28. The number of hydrogen-bond acceptors (Lipinski definition) is 9. The molecule has 4 unspecified atom stereocenters. The van der Waals surface area contributed by atoms with Gasteiger partial charge in [0.05, 0.1) is 35.0 Å². The molecule has 4 fully saturated rings. The lowest BCUT2D eigenvalue weighted by atomic mass is 9.80. The Bertz CT molecular complexity index is 2730. The summed E-state index contributed by atoms with van der Waals surface area (Å²) in [6.45, 7) is 5.73. The van der Waals surface area contributed by atoms with Gasteiger partial charge in [0.25, 0.3) is 0 Å². The van der Waals surface area contributed by atoms with E-state index in [-0.39, 0.29) is 39.5 Å². The Morgan fingerprint density at radius 3 is 1.42 bits per heavy atom. The van der Waals surface area contributed by atoms with Crippen molar-refractivity contribution in [3.63, 3.8) is 0 Å². The number of aromatic nitrogens is 2. The highest BCUT2D eigenvalue weighted by Gasteiger charge is 2.50. The van der Waals surface area contributed by atoms with E-state index < -0.39 is 12.2 Å². The molecule has 0 amide bonds. The summed E-state index contributed by atoms with van der Waals surface area (Å²) in [4.78, 5) is 29.0. The minimum Gasteiger partial charge on any atom is -0.506 e. The molecule has 2 aromatic heterocycles. The predicted octanol–water partition coefficient (Wildman–Crippen LogP) is 9.99. The van der Waals surface area contributed by atoms with E-state index >= 15 is 4.79 Å². The van der Waals surface area contributed by atoms with Crippen LogP contribution >= 0.6 is 0 Å². The minimum atomic E-state index is -0.608. The number of fused-ring (bicyclic) bond motifs is 4. The molecule has 0 radical (unpaired) electrons. The van der Waals surface area contributed by atoms with Gasteiger partial charge in [0.15, 0.2) is 0 Å². The Balaban J connectivity index is 0.853. The quantitative estimate of drug-likeness (QED) is 0.111. The number of hydrogen-bond donors (Lipinski definition) is 4. The molecule has 64 heavy (non-hydrogen) atoms. The fraction of sp³-hybridized carbons (Fsp3) is 0.364. The molecule has 2 saturated heterocycles. The van der Waals surface area contributed by atoms with E-state index in [4.69, 9.17) is 9.97 Å². The molecule has 6 aromatic rings. The highest BCUT2D eigenvalue weighted by molar-refractivity contribution is 6.13. The number of carbonyl (C=O) groups excluding carboxylic acids is 1. The molecule has 4 aliphatic carbocycles. The summed E-state index contributed by atoms with van der Waals surface area (Å²) < 4.78 is 0. The molecule has 6 aliphatic rings. The maximum Gasteiger partial charge on any atom is 0.233 e. The van der Waals surface area contributed by atoms with E-state index in [0.717, 1.165) is 46.2 Å². The highest BCUT2D eigenvalue weighted by atomic mass is 16.3. The Kier molecular flexibility index (Phi) is 8.96. The molecule has 12 rings (SSSR count). The smallest absolute Gasteiger partial charge is 0.233 e. The first kappa shape index (κ1) is 39.6. The number of rotatable bonds is 8. The number of ketones is 1. The number of carbonyl (C=O) groups is 1. The molecule has 2 spiro atoms. The zero-order valence-corrected chi connectivity index (χ0v) is 36.5. The number of aliphatic hydroxyl groups is 2. The van der Waals surface area contributed by atoms with Gasteiger partial charge in [-0.1, -0.05) is 72.8 Å². The minimum absolute atomic E-state index is 0.00696. The van der Waals surface area contributed by atoms with Crippen molar-refractivity contribution in [3.05, 3.63) is 153 Å². The number of aryl methyl sites for hydroxylation is 2. The van der Waals surface area contributed by atoms with Gasteiger partial charge in [-0.05, 0) is 145 Å². The Labute approximate surface area is 374 Å². The molecule has 324 valence electrons. The van der Waals surface area contributed by atoms with Crippen molar-refractivity contribution in [1.82, 2.24) is 9.97 Å². The van der Waals surface area contributed by atoms with E-state index in [0.29, 0.717) is 73.6 Å². The van der Waals surface area contributed by atoms with Crippen LogP contribution in [0.4, 0.5) is 11.4 Å². The summed E-state index contributed by atoms with van der Waals surface area (Å²) >= 11 is 0. The molecule has 2 aliphatic heterocycles. The summed E-state index contributed by atoms with van der Waals surface area (Å²) in [7, 11) is 0. The van der Waals surface area contributed by atoms with Gasteiger partial charge in [0, 0.05) is 49.1 Å². The summed E-state index contributed by atoms with van der Waals surface area (Å²) in [6.07, 6.45) is 6.37. The van der Waals surface area contributed by atoms with Crippen LogP contribution in [0.3, 0.4) is 0 Å². The standard InChI is InChI=1S/C55H54N4O5/c1-31-47(60)25-45(58-21-19-54(29-58)27-49(62)41-23-35(15-17-43(41)54)39-9-5-3-7-37(39)33-11-12-33)51(56-31)53(64)52-46(26-48(61)32(2)57-52)59-22-20-55(30-59)28-50(63)42-24-36(16-18-44(42)55)40-10-6-4-8-38(40)34-13-14-34/h3-10,15-18,23-26,33-34,49-50,60-63H,11-14,19-22,27-30H2,1-2H3. The van der Waals surface area contributed by atoms with Crippen LogP contribution < -0.4 is 9.80 Å². The number of aromatic hydroxyl groups is 2. The van der Waals surface area contributed by atoms with Crippen LogP contribution in [-0.4, -0.2) is 62.4 Å². The van der Waals surface area contributed by atoms with Crippen LogP contribution in [0, 0.1) is 13.8 Å². The van der Waals surface area contributed by atoms with Crippen molar-refractivity contribution in [1.29, 1.82) is 0 Å². The van der Waals surface area contributed by atoms with Gasteiger partial charge in [-0.15, -0.1) is 0 Å². The molecule has 2 saturated carbocycles. The van der Waals surface area contributed by atoms with E-state index in [2.05, 4.69) is 94.7 Å². The van der Waals surface area contributed by atoms with Crippen molar-refractivity contribution >= 4 is 17.2 Å². The zero-order chi connectivity index (χ0) is 43.6. The zero-order valence-electron chi connectivity index (χ0n) is 36.5. The maximum atomic E-state index is 15.1. The molecule has 0 bridgehead atoms. The summed E-state index contributed by atoms with van der Waals surface area (Å²) in [5.74, 6) is 0.852. The Morgan fingerprint density at radius 2 is 1.00 bits per heavy atom. The molecule has 4 atom stereocenters. The Hall–Kier alpha value is -6.03. The first-order valence-corrected chi connectivity index (χ1v) is 23.3. The van der Waals surface area contributed by atoms with Crippen molar-refractivity contribution in [2.75, 3.05) is 36.0 Å². The van der Waals surface area contributed by atoms with E-state index in [9.17, 15) is 20.4 Å². The summed E-state index contributed by atoms with van der Waals surface area (Å²) in [6, 6.07) is 33.8. The van der Waals surface area contributed by atoms with E-state index in [1.54, 1.807) is 26.0 Å². The second-order valence-corrected chi connectivity index (χ2v) is 19.9. The molecule has 4 N–H and O–H groups in total. The monoisotopic (exact) mass is 850 g/mol. The van der Waals surface area contributed by atoms with Crippen LogP contribution in [0.2, 0.25) is 0 Å². The summed E-state index contributed by atoms with van der Waals surface area (Å²) in [5.41, 5.74) is 13.2. The molecule has 4 heterocycles. The number of aliphatic hydroxyl groups excluding tert-OH is 2. The third-order valence-electron chi connectivity index (χ3n) is 15.9. The average Bonchev–Trinajstić information content (AvgIpc) is 4.22. The lowest BCUT2D eigenvalue weighted by Crippen LogP contribution is -2.31. The largest absolute Gasteiger partial charge is 0.506 e. The normalized spacial score (nSPS) is 24.6. The van der Waals surface area contributed by atoms with Crippen molar-refractivity contribution in [3.8, 4) is 33.8 Å². The molecule has 9 heteroatoms. The van der Waals surface area contributed by atoms with Gasteiger partial charge >= 0.3 is 0 Å². The van der Waals surface area contributed by atoms with Crippen molar-refractivity contribution in [2.45, 2.75) is 100 Å². The van der Waals surface area contributed by atoms with E-state index in [1.807, 2.05) is 0 Å². The lowest BCUT2D eigenvalue weighted by molar-refractivity contribution is 0.103.